The summed E-state index contributed by atoms with van der Waals surface area (Å²) < 4.78 is 43.5. The van der Waals surface area contributed by atoms with E-state index in [0.717, 1.165) is 56.1 Å². The molecule has 168 valence electrons. The van der Waals surface area contributed by atoms with Crippen molar-refractivity contribution in [3.63, 3.8) is 0 Å². The van der Waals surface area contributed by atoms with Crippen LogP contribution in [0.2, 0.25) is 0 Å². The molecule has 1 saturated heterocycles. The van der Waals surface area contributed by atoms with Gasteiger partial charge in [0, 0.05) is 31.9 Å². The number of aliphatic imine (C=N–C) groups is 1. The Kier molecular flexibility index (Phi) is 8.17. The molecule has 1 fully saturated rings. The molecule has 0 spiro atoms. The van der Waals surface area contributed by atoms with E-state index in [9.17, 15) is 13.2 Å². The molecule has 0 bridgehead atoms. The summed E-state index contributed by atoms with van der Waals surface area (Å²) in [6, 6.07) is 13.5. The first-order valence-electron chi connectivity index (χ1n) is 10.6. The van der Waals surface area contributed by atoms with Gasteiger partial charge in [-0.05, 0) is 42.7 Å². The largest absolute Gasteiger partial charge is 0.416 e. The number of hydrogen-bond donors (Lipinski definition) is 2. The third-order valence-corrected chi connectivity index (χ3v) is 5.08. The maximum absolute atomic E-state index is 12.7. The summed E-state index contributed by atoms with van der Waals surface area (Å²) in [4.78, 5) is 7.02. The minimum atomic E-state index is -4.31. The summed E-state index contributed by atoms with van der Waals surface area (Å²) >= 11 is 0. The lowest BCUT2D eigenvalue weighted by atomic mass is 10.1. The monoisotopic (exact) mass is 434 g/mol. The molecule has 0 amide bonds. The third-order valence-electron chi connectivity index (χ3n) is 5.08. The van der Waals surface area contributed by atoms with E-state index >= 15 is 0 Å². The summed E-state index contributed by atoms with van der Waals surface area (Å²) in [5.74, 6) is 0.686. The van der Waals surface area contributed by atoms with Crippen LogP contribution in [0.25, 0.3) is 0 Å². The minimum Gasteiger partial charge on any atom is -0.378 e. The quantitative estimate of drug-likeness (QED) is 0.514. The average molecular weight is 435 g/mol. The van der Waals surface area contributed by atoms with Crippen molar-refractivity contribution in [2.75, 3.05) is 44.3 Å². The van der Waals surface area contributed by atoms with E-state index < -0.39 is 11.7 Å². The van der Waals surface area contributed by atoms with Crippen molar-refractivity contribution < 1.29 is 17.9 Å². The number of nitrogens with one attached hydrogen (secondary N) is 2. The van der Waals surface area contributed by atoms with Crippen molar-refractivity contribution in [1.29, 1.82) is 0 Å². The molecule has 31 heavy (non-hydrogen) atoms. The molecule has 0 aromatic heterocycles. The molecule has 2 aromatic rings. The first kappa shape index (κ1) is 22.9. The van der Waals surface area contributed by atoms with Gasteiger partial charge in [-0.15, -0.1) is 0 Å². The van der Waals surface area contributed by atoms with Gasteiger partial charge in [-0.3, -0.25) is 0 Å². The predicted molar refractivity (Wildman–Crippen MR) is 117 cm³/mol. The molecule has 5 nitrogen and oxygen atoms in total. The Hall–Kier alpha value is -2.74. The minimum absolute atomic E-state index is 0.531. The van der Waals surface area contributed by atoms with Crippen LogP contribution in [0, 0.1) is 0 Å². The lowest BCUT2D eigenvalue weighted by Gasteiger charge is -2.30. The molecule has 0 atom stereocenters. The van der Waals surface area contributed by atoms with Crippen LogP contribution in [-0.2, 0) is 23.9 Å². The average Bonchev–Trinajstić information content (AvgIpc) is 2.78. The predicted octanol–water partition coefficient (Wildman–Crippen LogP) is 3.84. The van der Waals surface area contributed by atoms with E-state index in [4.69, 9.17) is 9.73 Å². The van der Waals surface area contributed by atoms with Gasteiger partial charge in [0.2, 0.25) is 0 Å². The number of nitrogens with zero attached hydrogens (tertiary/aromatic N) is 2. The fourth-order valence-electron chi connectivity index (χ4n) is 3.45. The first-order chi connectivity index (χ1) is 15.0. The highest BCUT2D eigenvalue weighted by atomic mass is 19.4. The Morgan fingerprint density at radius 3 is 2.42 bits per heavy atom. The number of rotatable bonds is 7. The summed E-state index contributed by atoms with van der Waals surface area (Å²) in [7, 11) is 0. The zero-order valence-electron chi connectivity index (χ0n) is 17.7. The summed E-state index contributed by atoms with van der Waals surface area (Å²) in [5.41, 5.74) is 2.53. The SMILES string of the molecule is CCNC(=NCc1ccccc1N1CCOCC1)NCCc1ccc(C(F)(F)F)cc1. The number of guanidine groups is 1. The Morgan fingerprint density at radius 1 is 1.03 bits per heavy atom. The first-order valence-corrected chi connectivity index (χ1v) is 10.6. The maximum atomic E-state index is 12.7. The van der Waals surface area contributed by atoms with Crippen molar-refractivity contribution in [2.24, 2.45) is 4.99 Å². The van der Waals surface area contributed by atoms with Crippen LogP contribution < -0.4 is 15.5 Å². The van der Waals surface area contributed by atoms with E-state index in [1.165, 1.54) is 17.8 Å². The van der Waals surface area contributed by atoms with Gasteiger partial charge in [-0.2, -0.15) is 13.2 Å². The highest BCUT2D eigenvalue weighted by Gasteiger charge is 2.29. The highest BCUT2D eigenvalue weighted by Crippen LogP contribution is 2.29. The lowest BCUT2D eigenvalue weighted by Crippen LogP contribution is -2.38. The highest BCUT2D eigenvalue weighted by molar-refractivity contribution is 5.79. The van der Waals surface area contributed by atoms with Gasteiger partial charge < -0.3 is 20.3 Å². The van der Waals surface area contributed by atoms with Crippen LogP contribution in [0.5, 0.6) is 0 Å². The molecule has 0 aliphatic carbocycles. The molecule has 2 aromatic carbocycles. The normalized spacial score (nSPS) is 15.1. The van der Waals surface area contributed by atoms with Gasteiger partial charge in [-0.25, -0.2) is 4.99 Å². The molecular weight excluding hydrogens is 405 g/mol. The van der Waals surface area contributed by atoms with Crippen molar-refractivity contribution in [1.82, 2.24) is 10.6 Å². The number of hydrogen-bond acceptors (Lipinski definition) is 3. The van der Waals surface area contributed by atoms with Gasteiger partial charge in [0.05, 0.1) is 25.3 Å². The van der Waals surface area contributed by atoms with Crippen LogP contribution in [-0.4, -0.2) is 45.4 Å². The van der Waals surface area contributed by atoms with E-state index in [-0.39, 0.29) is 0 Å². The van der Waals surface area contributed by atoms with Crippen LogP contribution in [0.1, 0.15) is 23.6 Å². The number of ether oxygens (including phenoxy) is 1. The second kappa shape index (κ2) is 11.0. The molecule has 8 heteroatoms. The van der Waals surface area contributed by atoms with Crippen LogP contribution in [0.3, 0.4) is 0 Å². The van der Waals surface area contributed by atoms with Gasteiger partial charge in [0.25, 0.3) is 0 Å². The van der Waals surface area contributed by atoms with E-state index in [2.05, 4.69) is 27.7 Å². The van der Waals surface area contributed by atoms with E-state index in [1.54, 1.807) is 0 Å². The molecule has 1 heterocycles. The van der Waals surface area contributed by atoms with Crippen LogP contribution in [0.15, 0.2) is 53.5 Å². The number of halogens is 3. The van der Waals surface area contributed by atoms with Crippen molar-refractivity contribution in [3.8, 4) is 0 Å². The maximum Gasteiger partial charge on any atom is 0.416 e. The fraction of sp³-hybridized carbons (Fsp3) is 0.435. The number of para-hydroxylation sites is 1. The molecule has 0 unspecified atom stereocenters. The standard InChI is InChI=1S/C23H29F3N4O/c1-2-27-22(28-12-11-18-7-9-20(10-8-18)23(24,25)26)29-17-19-5-3-4-6-21(19)30-13-15-31-16-14-30/h3-10H,2,11-17H2,1H3,(H2,27,28,29). The topological polar surface area (TPSA) is 48.9 Å². The second-order valence-corrected chi connectivity index (χ2v) is 7.29. The van der Waals surface area contributed by atoms with Gasteiger partial charge in [0.1, 0.15) is 0 Å². The van der Waals surface area contributed by atoms with Gasteiger partial charge in [0.15, 0.2) is 5.96 Å². The Labute approximate surface area is 181 Å². The number of benzene rings is 2. The Bertz CT molecular complexity index is 847. The van der Waals surface area contributed by atoms with E-state index in [0.29, 0.717) is 25.5 Å². The van der Waals surface area contributed by atoms with Crippen LogP contribution in [0.4, 0.5) is 18.9 Å². The molecule has 1 aliphatic heterocycles. The van der Waals surface area contributed by atoms with Crippen LogP contribution >= 0.6 is 0 Å². The number of alkyl halides is 3. The van der Waals surface area contributed by atoms with Crippen molar-refractivity contribution in [3.05, 3.63) is 65.2 Å². The lowest BCUT2D eigenvalue weighted by molar-refractivity contribution is -0.137. The Balaban J connectivity index is 1.58. The second-order valence-electron chi connectivity index (χ2n) is 7.29. The Morgan fingerprint density at radius 2 is 1.74 bits per heavy atom. The summed E-state index contributed by atoms with van der Waals surface area (Å²) in [6.45, 7) is 7.01. The number of anilines is 1. The van der Waals surface area contributed by atoms with E-state index in [1.807, 2.05) is 19.1 Å². The molecule has 1 aliphatic rings. The smallest absolute Gasteiger partial charge is 0.378 e. The molecule has 0 radical (unpaired) electrons. The molecule has 3 rings (SSSR count). The summed E-state index contributed by atoms with van der Waals surface area (Å²) in [5, 5.41) is 6.49. The zero-order chi connectivity index (χ0) is 22.1. The van der Waals surface area contributed by atoms with Crippen molar-refractivity contribution in [2.45, 2.75) is 26.1 Å². The van der Waals surface area contributed by atoms with Crippen molar-refractivity contribution >= 4 is 11.6 Å². The molecule has 2 N–H and O–H groups in total. The molecular formula is C23H29F3N4O. The van der Waals surface area contributed by atoms with Gasteiger partial charge in [-0.1, -0.05) is 30.3 Å². The fourth-order valence-corrected chi connectivity index (χ4v) is 3.45. The van der Waals surface area contributed by atoms with Gasteiger partial charge >= 0.3 is 6.18 Å². The zero-order valence-corrected chi connectivity index (χ0v) is 17.7. The molecule has 0 saturated carbocycles. The number of morpholine rings is 1. The third kappa shape index (κ3) is 6.89. The summed E-state index contributed by atoms with van der Waals surface area (Å²) in [6.07, 6.45) is -3.70.